The third kappa shape index (κ3) is 4.21. The minimum Gasteiger partial charge on any atom is -0.482 e. The molecule has 2 heteroatoms. The van der Waals surface area contributed by atoms with E-state index in [9.17, 15) is 0 Å². The predicted octanol–water partition coefficient (Wildman–Crippen LogP) is 17.8. The van der Waals surface area contributed by atoms with Gasteiger partial charge in [0.25, 0.3) is 0 Å². The summed E-state index contributed by atoms with van der Waals surface area (Å²) in [4.78, 5) is 0. The Hall–Kier alpha value is -1.80. The van der Waals surface area contributed by atoms with Crippen LogP contribution in [0.4, 0.5) is 0 Å². The normalized spacial score (nSPS) is 18.8. The molecule has 0 spiro atoms. The van der Waals surface area contributed by atoms with Gasteiger partial charge in [-0.25, -0.2) is 0 Å². The summed E-state index contributed by atoms with van der Waals surface area (Å²) in [5, 5.41) is 3.31. The van der Waals surface area contributed by atoms with Gasteiger partial charge in [0.2, 0.25) is 0 Å². The van der Waals surface area contributed by atoms with Crippen LogP contribution in [0, 0.1) is 33.6 Å². The van der Waals surface area contributed by atoms with Gasteiger partial charge in [-0.2, -0.15) is 0 Å². The van der Waals surface area contributed by atoms with E-state index in [2.05, 4.69) is 71.1 Å². The highest BCUT2D eigenvalue weighted by atomic mass is 16.5. The van der Waals surface area contributed by atoms with Gasteiger partial charge in [0, 0.05) is 96.3 Å². The first kappa shape index (κ1) is 10.7. The lowest BCUT2D eigenvalue weighted by atomic mass is 9.80. The Kier molecular flexibility index (Phi) is 3.35. The lowest BCUT2D eigenvalue weighted by Crippen LogP contribution is -2.42. The molecule has 0 fully saturated rings. The quantitative estimate of drug-likeness (QED) is 0.423. The fourth-order valence-corrected chi connectivity index (χ4v) is 3.94. The first-order valence-corrected chi connectivity index (χ1v) is 9.94. The second-order valence-electron chi connectivity index (χ2n) is 8.30. The smallest absolute Gasteiger partial charge is 0.135 e. The average Bonchev–Trinajstić information content (AvgIpc) is 3.15. The highest BCUT2D eigenvalue weighted by molar-refractivity contribution is 5.47. The average molecular weight is 483 g/mol. The lowest BCUT2D eigenvalue weighted by Gasteiger charge is -2.39. The van der Waals surface area contributed by atoms with Crippen molar-refractivity contribution in [2.24, 2.45) is 5.92 Å². The van der Waals surface area contributed by atoms with Crippen molar-refractivity contribution >= 4 is 0 Å². The van der Waals surface area contributed by atoms with Crippen LogP contribution in [0.25, 0.3) is 0 Å². The second-order valence-corrected chi connectivity index (χ2v) is 8.30. The van der Waals surface area contributed by atoms with Crippen LogP contribution < -0.4 is 10.1 Å². The number of rotatable bonds is 7. The Balaban J connectivity index is -0.00000000558. The van der Waals surface area contributed by atoms with Gasteiger partial charge in [-0.1, -0.05) is 45.0 Å². The topological polar surface area (TPSA) is 21.3 Å². The van der Waals surface area contributed by atoms with E-state index in [-0.39, 0.29) is 58.7 Å². The summed E-state index contributed by atoms with van der Waals surface area (Å²) in [7, 11) is 1.98. The predicted molar refractivity (Wildman–Crippen MR) is 216 cm³/mol. The Morgan fingerprint density at radius 2 is 1.74 bits per heavy atom. The summed E-state index contributed by atoms with van der Waals surface area (Å²) in [6.45, 7) is 17.7. The van der Waals surface area contributed by atoms with Crippen LogP contribution in [-0.4, -0.2) is 13.6 Å². The SMILES string of the molecule is [2H]C(C)(C)c1c(O[C@@](C)(c2cccc(C)c2C)C(C)CNC)ccc(C)c1C.[2H][2H].[2H][2H].[2H][2H].[2H][2H].[2H][2H].[2H][2H].[2H][2H].[2H][2H].[2H][2H].[2H][2H].[HH].[HH].[HH].[HH].[HH].[HH].[HH].[HH].[HH].[HH].[HH].[HH].[HH].[HH].[HH].[HH].[HH].[HH].[HH].[HH].[HH].[HH].[HH].[HH].[HH].[HH].[HH].[HH].[HH].[HH].[HH].[HH].[HH].[HH].[HH].[HH].[HH]. The number of benzene rings is 2. The first-order chi connectivity index (χ1) is 22.9. The van der Waals surface area contributed by atoms with Crippen molar-refractivity contribution in [2.45, 2.75) is 66.9 Å². The summed E-state index contributed by atoms with van der Waals surface area (Å²) in [6, 6.07) is 10.6. The van der Waals surface area contributed by atoms with Crippen LogP contribution in [0.15, 0.2) is 30.3 Å². The minimum absolute atomic E-state index is 0. The van der Waals surface area contributed by atoms with E-state index in [0.29, 0.717) is 0 Å². The van der Waals surface area contributed by atoms with E-state index in [4.69, 9.17) is 35.8 Å². The molecule has 2 nitrogen and oxygen atoms in total. The standard InChI is InChI=1S/C25H37NO.47H2/c1-16(2)24-21(7)18(4)13-14-23(24)27-25(8,19(5)15-26-9)22-12-10-11-17(3)20(22)6;;;;;;;;;;;;;;;;;;;;;;;;;;;;;;;;;;;;;;;;;;;;;;;/h10-14,16,19,26H,15H2,1-9H3;47*1H/t19?,25-;;;;;;;;;;;;;;;;;;;;;;;;;;;;;;;;;;;;;;;;;;;;;;;/m1.............................................../s1/i16D;10*1+1D;;;;;;;;;;;;;;;;;;;;;;;;;;;;;;;;;;;;;. The van der Waals surface area contributed by atoms with E-state index < -0.39 is 11.5 Å². The molecule has 2 rings (SSSR count). The van der Waals surface area contributed by atoms with E-state index in [1.807, 2.05) is 27.0 Å². The molecule has 1 unspecified atom stereocenters. The monoisotopic (exact) mass is 483 g/mol. The summed E-state index contributed by atoms with van der Waals surface area (Å²) in [5.74, 6) is 0.316. The summed E-state index contributed by atoms with van der Waals surface area (Å²) in [6.07, 6.45) is 0. The van der Waals surface area contributed by atoms with Gasteiger partial charge >= 0.3 is 0 Å². The molecular formula is C25H131NO. The highest BCUT2D eigenvalue weighted by Gasteiger charge is 2.37. The molecule has 0 saturated heterocycles. The Bertz CT molecular complexity index is 908. The number of aryl methyl sites for hydroxylation is 2. The fraction of sp³-hybridized carbons (Fsp3) is 0.520. The van der Waals surface area contributed by atoms with Gasteiger partial charge in [-0.3, -0.25) is 0 Å². The molecule has 0 saturated carbocycles. The molecule has 1 N–H and O–H groups in total. The van der Waals surface area contributed by atoms with Gasteiger partial charge in [-0.05, 0) is 87.0 Å². The van der Waals surface area contributed by atoms with Gasteiger partial charge in [0.1, 0.15) is 11.4 Å². The summed E-state index contributed by atoms with van der Waals surface area (Å²) in [5.41, 5.74) is 6.54. The van der Waals surface area contributed by atoms with Gasteiger partial charge in [0.15, 0.2) is 0 Å². The molecule has 0 radical (unpaired) electrons. The van der Waals surface area contributed by atoms with Gasteiger partial charge in [0.05, 0.1) is 0 Å². The van der Waals surface area contributed by atoms with Crippen LogP contribution in [0.3, 0.4) is 0 Å². The van der Waals surface area contributed by atoms with E-state index in [0.717, 1.165) is 23.4 Å². The Labute approximate surface area is 253 Å². The maximum absolute atomic E-state index is 8.74. The second kappa shape index (κ2) is 8.48. The van der Waals surface area contributed by atoms with Crippen LogP contribution in [0.1, 0.15) is 151 Å². The molecule has 0 aliphatic heterocycles. The van der Waals surface area contributed by atoms with Crippen molar-refractivity contribution in [1.29, 1.82) is 0 Å². The number of nitrogens with one attached hydrogen (secondary N) is 1. The maximum Gasteiger partial charge on any atom is 0.135 e. The molecular weight excluding hydrogens is 330 g/mol. The molecule has 2 aromatic carbocycles. The number of hydrogen-bond acceptors (Lipinski definition) is 2. The number of ether oxygens (including phenoxy) is 1. The molecule has 27 heavy (non-hydrogen) atoms. The van der Waals surface area contributed by atoms with E-state index >= 15 is 0 Å². The molecule has 0 aliphatic carbocycles. The van der Waals surface area contributed by atoms with Crippen molar-refractivity contribution in [3.05, 3.63) is 63.7 Å². The lowest BCUT2D eigenvalue weighted by molar-refractivity contribution is 0.0281. The molecule has 2 atom stereocenters. The zero-order chi connectivity index (χ0) is 41.3. The summed E-state index contributed by atoms with van der Waals surface area (Å²) >= 11 is 0. The van der Waals surface area contributed by atoms with Crippen LogP contribution >= 0.6 is 0 Å². The van der Waals surface area contributed by atoms with Crippen LogP contribution in [0.2, 0.25) is 0 Å². The molecule has 0 heterocycles. The largest absolute Gasteiger partial charge is 0.482 e. The van der Waals surface area contributed by atoms with Gasteiger partial charge in [-0.15, -0.1) is 0 Å². The number of hydrogen-bond donors (Lipinski definition) is 1. The summed E-state index contributed by atoms with van der Waals surface area (Å²) < 4.78 is 116. The van der Waals surface area contributed by atoms with Crippen LogP contribution in [-0.2, 0) is 5.60 Å². The molecule has 2 aromatic rings. The third-order valence-corrected chi connectivity index (χ3v) is 6.11. The molecule has 0 amide bonds. The first-order valence-electron chi connectivity index (χ1n) is 20.4. The third-order valence-electron chi connectivity index (χ3n) is 6.11. The van der Waals surface area contributed by atoms with Crippen molar-refractivity contribution in [1.82, 2.24) is 5.32 Å². The van der Waals surface area contributed by atoms with Crippen molar-refractivity contribution in [3.8, 4) is 5.75 Å². The molecule has 242 valence electrons. The molecule has 0 aromatic heterocycles. The van der Waals surface area contributed by atoms with Crippen molar-refractivity contribution in [2.75, 3.05) is 13.6 Å². The van der Waals surface area contributed by atoms with E-state index in [1.54, 1.807) is 0 Å². The Morgan fingerprint density at radius 3 is 2.33 bits per heavy atom. The van der Waals surface area contributed by atoms with Crippen LogP contribution in [0.5, 0.6) is 5.75 Å². The zero-order valence-electron chi connectivity index (χ0n) is 39.6. The highest BCUT2D eigenvalue weighted by Crippen LogP contribution is 2.41. The zero-order valence-corrected chi connectivity index (χ0v) is 18.6. The van der Waals surface area contributed by atoms with Crippen molar-refractivity contribution < 1.29 is 88.6 Å². The van der Waals surface area contributed by atoms with E-state index in [1.165, 1.54) is 22.3 Å². The minimum atomic E-state index is -0.736. The maximum atomic E-state index is 8.74. The van der Waals surface area contributed by atoms with Crippen molar-refractivity contribution in [3.63, 3.8) is 0 Å². The van der Waals surface area contributed by atoms with Gasteiger partial charge < -0.3 is 10.1 Å². The fourth-order valence-electron chi connectivity index (χ4n) is 3.94. The molecule has 0 aliphatic rings. The molecule has 0 bridgehead atoms. The Morgan fingerprint density at radius 1 is 1.11 bits per heavy atom.